The van der Waals surface area contributed by atoms with E-state index < -0.39 is 0 Å². The summed E-state index contributed by atoms with van der Waals surface area (Å²) in [6.45, 7) is 3.68. The highest BCUT2D eigenvalue weighted by Crippen LogP contribution is 2.34. The molecule has 1 saturated carbocycles. The molecule has 0 spiro atoms. The zero-order valence-electron chi connectivity index (χ0n) is 8.10. The summed E-state index contributed by atoms with van der Waals surface area (Å²) in [5.41, 5.74) is -0.261. The highest BCUT2D eigenvalue weighted by atomic mass is 16.3. The van der Waals surface area contributed by atoms with Crippen LogP contribution in [0.5, 0.6) is 0 Å². The standard InChI is InChI=1S/C9H18N2O2/c1-2-10-6-3-8(13)11-9(7-12)4-5-9/h10,12H,2-7H2,1H3,(H,11,13). The summed E-state index contributed by atoms with van der Waals surface area (Å²) in [6, 6.07) is 0. The van der Waals surface area contributed by atoms with Gasteiger partial charge in [0, 0.05) is 13.0 Å². The predicted molar refractivity (Wildman–Crippen MR) is 50.4 cm³/mol. The van der Waals surface area contributed by atoms with Crippen molar-refractivity contribution < 1.29 is 9.90 Å². The molecule has 1 aliphatic rings. The molecule has 0 aromatic carbocycles. The number of hydrogen-bond donors (Lipinski definition) is 3. The van der Waals surface area contributed by atoms with Gasteiger partial charge < -0.3 is 15.7 Å². The fraction of sp³-hybridized carbons (Fsp3) is 0.889. The van der Waals surface area contributed by atoms with Crippen LogP contribution in [-0.2, 0) is 4.79 Å². The van der Waals surface area contributed by atoms with Crippen LogP contribution < -0.4 is 10.6 Å². The molecule has 0 unspecified atom stereocenters. The third kappa shape index (κ3) is 3.32. The lowest BCUT2D eigenvalue weighted by molar-refractivity contribution is -0.122. The van der Waals surface area contributed by atoms with Gasteiger partial charge in [0.15, 0.2) is 0 Å². The molecule has 1 fully saturated rings. The Morgan fingerprint density at radius 2 is 2.23 bits per heavy atom. The van der Waals surface area contributed by atoms with Crippen LogP contribution in [0.1, 0.15) is 26.2 Å². The lowest BCUT2D eigenvalue weighted by atomic mass is 10.2. The van der Waals surface area contributed by atoms with Crippen molar-refractivity contribution in [3.63, 3.8) is 0 Å². The first-order chi connectivity index (χ1) is 6.22. The molecule has 0 aromatic heterocycles. The molecule has 0 aromatic rings. The molecule has 0 aliphatic heterocycles. The Balaban J connectivity index is 2.11. The van der Waals surface area contributed by atoms with Crippen LogP contribution in [0.15, 0.2) is 0 Å². The highest BCUT2D eigenvalue weighted by Gasteiger charge is 2.43. The second kappa shape index (κ2) is 4.58. The second-order valence-corrected chi connectivity index (χ2v) is 3.59. The van der Waals surface area contributed by atoms with E-state index in [2.05, 4.69) is 10.6 Å². The Hall–Kier alpha value is -0.610. The first kappa shape index (κ1) is 10.5. The molecule has 1 aliphatic carbocycles. The molecule has 13 heavy (non-hydrogen) atoms. The fourth-order valence-corrected chi connectivity index (χ4v) is 1.21. The maximum Gasteiger partial charge on any atom is 0.221 e. The van der Waals surface area contributed by atoms with E-state index in [-0.39, 0.29) is 18.1 Å². The Bertz CT molecular complexity index is 178. The van der Waals surface area contributed by atoms with Crippen LogP contribution in [0.3, 0.4) is 0 Å². The lowest BCUT2D eigenvalue weighted by Gasteiger charge is -2.13. The maximum atomic E-state index is 11.3. The van der Waals surface area contributed by atoms with Crippen LogP contribution in [0.4, 0.5) is 0 Å². The van der Waals surface area contributed by atoms with Crippen molar-refractivity contribution in [2.24, 2.45) is 0 Å². The number of amides is 1. The van der Waals surface area contributed by atoms with Gasteiger partial charge in [-0.3, -0.25) is 4.79 Å². The molecule has 0 saturated heterocycles. The van der Waals surface area contributed by atoms with E-state index in [4.69, 9.17) is 5.11 Å². The molecule has 4 heteroatoms. The van der Waals surface area contributed by atoms with E-state index in [9.17, 15) is 4.79 Å². The third-order valence-corrected chi connectivity index (χ3v) is 2.34. The number of hydrogen-bond acceptors (Lipinski definition) is 3. The van der Waals surface area contributed by atoms with E-state index in [0.29, 0.717) is 13.0 Å². The van der Waals surface area contributed by atoms with Crippen LogP contribution in [0, 0.1) is 0 Å². The number of carbonyl (C=O) groups is 1. The molecule has 0 atom stereocenters. The molecular formula is C9H18N2O2. The van der Waals surface area contributed by atoms with Gasteiger partial charge in [0.2, 0.25) is 5.91 Å². The van der Waals surface area contributed by atoms with Crippen LogP contribution in [-0.4, -0.2) is 36.2 Å². The second-order valence-electron chi connectivity index (χ2n) is 3.59. The van der Waals surface area contributed by atoms with Crippen molar-refractivity contribution >= 4 is 5.91 Å². The average molecular weight is 186 g/mol. The van der Waals surface area contributed by atoms with Gasteiger partial charge in [-0.25, -0.2) is 0 Å². The highest BCUT2D eigenvalue weighted by molar-refractivity contribution is 5.77. The van der Waals surface area contributed by atoms with Gasteiger partial charge >= 0.3 is 0 Å². The Morgan fingerprint density at radius 1 is 1.54 bits per heavy atom. The van der Waals surface area contributed by atoms with Gasteiger partial charge in [0.05, 0.1) is 12.1 Å². The first-order valence-electron chi connectivity index (χ1n) is 4.85. The molecule has 3 N–H and O–H groups in total. The van der Waals surface area contributed by atoms with E-state index in [1.807, 2.05) is 6.92 Å². The Morgan fingerprint density at radius 3 is 2.69 bits per heavy atom. The summed E-state index contributed by atoms with van der Waals surface area (Å²) < 4.78 is 0. The quantitative estimate of drug-likeness (QED) is 0.496. The van der Waals surface area contributed by atoms with Gasteiger partial charge in [0.25, 0.3) is 0 Å². The van der Waals surface area contributed by atoms with Crippen LogP contribution in [0.25, 0.3) is 0 Å². The average Bonchev–Trinajstić information content (AvgIpc) is 2.86. The molecule has 4 nitrogen and oxygen atoms in total. The Labute approximate surface area is 78.7 Å². The van der Waals surface area contributed by atoms with Crippen LogP contribution >= 0.6 is 0 Å². The van der Waals surface area contributed by atoms with Crippen molar-refractivity contribution in [2.45, 2.75) is 31.7 Å². The SMILES string of the molecule is CCNCCC(=O)NC1(CO)CC1. The first-order valence-corrected chi connectivity index (χ1v) is 4.85. The number of nitrogens with one attached hydrogen (secondary N) is 2. The number of aliphatic hydroxyl groups is 1. The smallest absolute Gasteiger partial charge is 0.221 e. The lowest BCUT2D eigenvalue weighted by Crippen LogP contribution is -2.40. The Kier molecular flexibility index (Phi) is 3.69. The fourth-order valence-electron chi connectivity index (χ4n) is 1.21. The minimum absolute atomic E-state index is 0.0347. The van der Waals surface area contributed by atoms with E-state index in [0.717, 1.165) is 19.4 Å². The summed E-state index contributed by atoms with van der Waals surface area (Å²) in [5, 5.41) is 14.9. The molecule has 1 amide bonds. The summed E-state index contributed by atoms with van der Waals surface area (Å²) in [6.07, 6.45) is 2.32. The molecule has 1 rings (SSSR count). The van der Waals surface area contributed by atoms with Gasteiger partial charge in [-0.1, -0.05) is 6.92 Å². The summed E-state index contributed by atoms with van der Waals surface area (Å²) in [5.74, 6) is 0.0347. The van der Waals surface area contributed by atoms with E-state index in [1.54, 1.807) is 0 Å². The van der Waals surface area contributed by atoms with E-state index in [1.165, 1.54) is 0 Å². The van der Waals surface area contributed by atoms with Crippen molar-refractivity contribution in [1.82, 2.24) is 10.6 Å². The van der Waals surface area contributed by atoms with Crippen molar-refractivity contribution in [1.29, 1.82) is 0 Å². The van der Waals surface area contributed by atoms with Gasteiger partial charge in [-0.2, -0.15) is 0 Å². The molecule has 0 radical (unpaired) electrons. The monoisotopic (exact) mass is 186 g/mol. The summed E-state index contributed by atoms with van der Waals surface area (Å²) in [7, 11) is 0. The number of carbonyl (C=O) groups excluding carboxylic acids is 1. The van der Waals surface area contributed by atoms with Gasteiger partial charge in [-0.05, 0) is 19.4 Å². The minimum atomic E-state index is -0.261. The zero-order chi connectivity index (χ0) is 9.73. The van der Waals surface area contributed by atoms with Crippen LogP contribution in [0.2, 0.25) is 0 Å². The minimum Gasteiger partial charge on any atom is -0.394 e. The van der Waals surface area contributed by atoms with Gasteiger partial charge in [0.1, 0.15) is 0 Å². The predicted octanol–water partition coefficient (Wildman–Crippen LogP) is -0.373. The molecule has 0 bridgehead atoms. The number of rotatable bonds is 6. The molecular weight excluding hydrogens is 168 g/mol. The van der Waals surface area contributed by atoms with Crippen molar-refractivity contribution in [2.75, 3.05) is 19.7 Å². The van der Waals surface area contributed by atoms with Crippen molar-refractivity contribution in [3.8, 4) is 0 Å². The summed E-state index contributed by atoms with van der Waals surface area (Å²) >= 11 is 0. The molecule has 76 valence electrons. The maximum absolute atomic E-state index is 11.3. The largest absolute Gasteiger partial charge is 0.394 e. The van der Waals surface area contributed by atoms with E-state index >= 15 is 0 Å². The summed E-state index contributed by atoms with van der Waals surface area (Å²) in [4.78, 5) is 11.3. The number of aliphatic hydroxyl groups excluding tert-OH is 1. The topological polar surface area (TPSA) is 61.4 Å². The third-order valence-electron chi connectivity index (χ3n) is 2.34. The molecule has 0 heterocycles. The zero-order valence-corrected chi connectivity index (χ0v) is 8.10. The van der Waals surface area contributed by atoms with Crippen molar-refractivity contribution in [3.05, 3.63) is 0 Å². The normalized spacial score (nSPS) is 18.3. The van der Waals surface area contributed by atoms with Gasteiger partial charge in [-0.15, -0.1) is 0 Å².